The Morgan fingerprint density at radius 1 is 1.00 bits per heavy atom. The monoisotopic (exact) mass is 673 g/mol. The second-order valence-corrected chi connectivity index (χ2v) is 11.3. The van der Waals surface area contributed by atoms with E-state index in [1.807, 2.05) is 18.4 Å². The summed E-state index contributed by atoms with van der Waals surface area (Å²) in [5, 5.41) is 12.7. The Bertz CT molecular complexity index is 1930. The quantitative estimate of drug-likeness (QED) is 0.0959. The largest absolute Gasteiger partial charge is 0.493 e. The number of aromatic nitrogens is 1. The van der Waals surface area contributed by atoms with Crippen LogP contribution >= 0.6 is 11.8 Å². The van der Waals surface area contributed by atoms with Crippen LogP contribution in [0.4, 0.5) is 0 Å². The minimum atomic E-state index is -0.978. The molecule has 1 heterocycles. The van der Waals surface area contributed by atoms with Gasteiger partial charge >= 0.3 is 5.97 Å². The van der Waals surface area contributed by atoms with E-state index >= 15 is 0 Å². The van der Waals surface area contributed by atoms with Gasteiger partial charge in [0.25, 0.3) is 11.0 Å². The van der Waals surface area contributed by atoms with Crippen molar-refractivity contribution < 1.29 is 38.5 Å². The van der Waals surface area contributed by atoms with E-state index in [0.717, 1.165) is 11.1 Å². The molecule has 14 heteroatoms. The maximum atomic E-state index is 13.5. The zero-order valence-corrected chi connectivity index (χ0v) is 27.3. The molecule has 1 aromatic heterocycles. The van der Waals surface area contributed by atoms with Gasteiger partial charge < -0.3 is 24.3 Å². The van der Waals surface area contributed by atoms with Crippen LogP contribution in [-0.2, 0) is 17.8 Å². The predicted molar refractivity (Wildman–Crippen MR) is 176 cm³/mol. The van der Waals surface area contributed by atoms with Crippen molar-refractivity contribution >= 4 is 23.6 Å². The number of thioether (sulfide) groups is 1. The number of pyridine rings is 1. The van der Waals surface area contributed by atoms with Gasteiger partial charge in [-0.2, -0.15) is 0 Å². The molecule has 0 saturated carbocycles. The van der Waals surface area contributed by atoms with E-state index in [9.17, 15) is 24.5 Å². The van der Waals surface area contributed by atoms with Gasteiger partial charge in [-0.3, -0.25) is 19.4 Å². The Labute approximate surface area is 279 Å². The van der Waals surface area contributed by atoms with Crippen molar-refractivity contribution in [1.82, 2.24) is 10.3 Å². The highest BCUT2D eigenvalue weighted by atomic mass is 32.2. The van der Waals surface area contributed by atoms with Crippen molar-refractivity contribution in [2.75, 3.05) is 27.6 Å². The number of rotatable bonds is 11. The summed E-state index contributed by atoms with van der Waals surface area (Å²) in [6.45, 7) is -0.204. The van der Waals surface area contributed by atoms with Crippen LogP contribution in [0.3, 0.4) is 0 Å². The number of carbonyl (C=O) groups excluding carboxylic acids is 2. The Kier molecular flexibility index (Phi) is 10.4. The average molecular weight is 674 g/mol. The number of benzene rings is 2. The van der Waals surface area contributed by atoms with Gasteiger partial charge in [-0.15, -0.1) is 21.9 Å². The lowest BCUT2D eigenvalue weighted by Gasteiger charge is -2.20. The van der Waals surface area contributed by atoms with Crippen LogP contribution in [0, 0.1) is 10.1 Å². The summed E-state index contributed by atoms with van der Waals surface area (Å²) in [6.07, 6.45) is 4.19. The van der Waals surface area contributed by atoms with Crippen LogP contribution in [0.25, 0.3) is 11.1 Å². The molecule has 1 amide bonds. The second-order valence-electron chi connectivity index (χ2n) is 10.5. The van der Waals surface area contributed by atoms with Crippen molar-refractivity contribution in [3.05, 3.63) is 115 Å². The van der Waals surface area contributed by atoms with Gasteiger partial charge in [0.2, 0.25) is 5.75 Å². The number of ether oxygens (including phenoxy) is 4. The molecule has 0 spiro atoms. The molecule has 0 aliphatic heterocycles. The molecule has 48 heavy (non-hydrogen) atoms. The molecule has 13 nitrogen and oxygen atoms in total. The molecule has 1 N–H and O–H groups in total. The summed E-state index contributed by atoms with van der Waals surface area (Å²) in [7, 11) is 4.62. The Hall–Kier alpha value is -5.63. The second kappa shape index (κ2) is 14.9. The molecule has 0 unspecified atom stereocenters. The summed E-state index contributed by atoms with van der Waals surface area (Å²) in [4.78, 5) is 59.0. The number of nitrogens with one attached hydrogen (secondary N) is 1. The molecular formula is C34H31N3O10S. The molecule has 0 bridgehead atoms. The summed E-state index contributed by atoms with van der Waals surface area (Å²) in [5.74, 6) is 0.111. The SMILES string of the molecule is COc1cc2c(c(OC)c1OC)-c1ccc(SC)c(=O)cc1[C@@H](NC(=O)c1ccc(COC(=O)c3cccc(O[N+](=O)[O-])c3)nc1)CC2. The van der Waals surface area contributed by atoms with E-state index in [4.69, 9.17) is 18.9 Å². The maximum Gasteiger partial charge on any atom is 0.338 e. The fourth-order valence-corrected chi connectivity index (χ4v) is 5.96. The van der Waals surface area contributed by atoms with Crippen LogP contribution in [0.5, 0.6) is 23.0 Å². The fourth-order valence-electron chi connectivity index (χ4n) is 5.49. The molecular weight excluding hydrogens is 642 g/mol. The van der Waals surface area contributed by atoms with Crippen LogP contribution in [0.15, 0.2) is 76.6 Å². The molecule has 0 fully saturated rings. The minimum Gasteiger partial charge on any atom is -0.493 e. The van der Waals surface area contributed by atoms with Crippen LogP contribution in [0.2, 0.25) is 0 Å². The molecule has 4 aromatic rings. The number of methoxy groups -OCH3 is 3. The first-order valence-electron chi connectivity index (χ1n) is 14.6. The molecule has 0 radical (unpaired) electrons. The van der Waals surface area contributed by atoms with Crippen molar-refractivity contribution in [1.29, 1.82) is 0 Å². The van der Waals surface area contributed by atoms with Gasteiger partial charge in [-0.05, 0) is 84.3 Å². The predicted octanol–water partition coefficient (Wildman–Crippen LogP) is 5.20. The molecule has 248 valence electrons. The van der Waals surface area contributed by atoms with Gasteiger partial charge in [0.05, 0.1) is 49.1 Å². The smallest absolute Gasteiger partial charge is 0.338 e. The van der Waals surface area contributed by atoms with Crippen LogP contribution in [-0.4, -0.2) is 49.5 Å². The van der Waals surface area contributed by atoms with Gasteiger partial charge in [-0.1, -0.05) is 12.1 Å². The molecule has 1 aliphatic carbocycles. The minimum absolute atomic E-state index is 0.0602. The highest BCUT2D eigenvalue weighted by Gasteiger charge is 2.30. The van der Waals surface area contributed by atoms with E-state index in [1.54, 1.807) is 38.5 Å². The third kappa shape index (κ3) is 7.18. The normalized spacial score (nSPS) is 13.2. The van der Waals surface area contributed by atoms with Crippen LogP contribution in [0.1, 0.15) is 50.0 Å². The van der Waals surface area contributed by atoms with Crippen molar-refractivity contribution in [2.45, 2.75) is 30.4 Å². The summed E-state index contributed by atoms with van der Waals surface area (Å²) < 4.78 is 22.4. The number of amides is 1. The first kappa shape index (κ1) is 33.7. The average Bonchev–Trinajstić information content (AvgIpc) is 3.34. The van der Waals surface area contributed by atoms with Gasteiger partial charge in [0.15, 0.2) is 16.9 Å². The number of carbonyl (C=O) groups is 2. The number of nitrogens with zero attached hydrogens (tertiary/aromatic N) is 2. The van der Waals surface area contributed by atoms with Crippen molar-refractivity contribution in [2.24, 2.45) is 0 Å². The molecule has 3 aromatic carbocycles. The lowest BCUT2D eigenvalue weighted by atomic mass is 9.95. The van der Waals surface area contributed by atoms with E-state index in [0.29, 0.717) is 51.8 Å². The number of aryl methyl sites for hydroxylation is 1. The van der Waals surface area contributed by atoms with E-state index in [1.165, 1.54) is 49.3 Å². The van der Waals surface area contributed by atoms with E-state index < -0.39 is 23.0 Å². The van der Waals surface area contributed by atoms with E-state index in [2.05, 4.69) is 15.1 Å². The van der Waals surface area contributed by atoms with Crippen molar-refractivity contribution in [3.63, 3.8) is 0 Å². The lowest BCUT2D eigenvalue weighted by molar-refractivity contribution is -0.711. The van der Waals surface area contributed by atoms with Gasteiger partial charge in [0, 0.05) is 11.8 Å². The van der Waals surface area contributed by atoms with Gasteiger partial charge in [0.1, 0.15) is 12.4 Å². The summed E-state index contributed by atoms with van der Waals surface area (Å²) in [6, 6.07) is 15.0. The van der Waals surface area contributed by atoms with Crippen molar-refractivity contribution in [3.8, 4) is 34.1 Å². The topological polar surface area (TPSA) is 165 Å². The third-order valence-corrected chi connectivity index (χ3v) is 8.49. The number of fused-ring (bicyclic) bond motifs is 3. The lowest BCUT2D eigenvalue weighted by Crippen LogP contribution is -2.29. The Balaban J connectivity index is 1.39. The molecule has 0 saturated heterocycles. The number of hydrogen-bond acceptors (Lipinski definition) is 12. The Morgan fingerprint density at radius 2 is 1.79 bits per heavy atom. The Morgan fingerprint density at radius 3 is 2.46 bits per heavy atom. The number of esters is 1. The molecule has 1 atom stereocenters. The number of hydrogen-bond donors (Lipinski definition) is 1. The first-order valence-corrected chi connectivity index (χ1v) is 15.8. The third-order valence-electron chi connectivity index (χ3n) is 7.71. The van der Waals surface area contributed by atoms with E-state index in [-0.39, 0.29) is 28.9 Å². The zero-order valence-electron chi connectivity index (χ0n) is 26.4. The fraction of sp³-hybridized carbons (Fsp3) is 0.235. The summed E-state index contributed by atoms with van der Waals surface area (Å²) in [5.41, 5.74) is 3.51. The highest BCUT2D eigenvalue weighted by molar-refractivity contribution is 7.98. The molecule has 5 rings (SSSR count). The highest BCUT2D eigenvalue weighted by Crippen LogP contribution is 2.50. The van der Waals surface area contributed by atoms with Gasteiger partial charge in [-0.25, -0.2) is 4.79 Å². The first-order chi connectivity index (χ1) is 23.2. The molecule has 1 aliphatic rings. The maximum absolute atomic E-state index is 13.5. The zero-order chi connectivity index (χ0) is 34.4. The van der Waals surface area contributed by atoms with Crippen LogP contribution < -0.4 is 29.8 Å². The standard InChI is InChI=1S/C34H31N3O10S/c1-43-28-15-19-9-12-26(25-16-27(38)29(48-4)13-11-24(25)30(19)32(45-3)31(28)44-2)36-33(39)21-8-10-22(35-17-21)18-46-34(40)20-6-5-7-23(14-20)47-37(41)42/h5-8,10-11,13-17,26H,9,12,18H2,1-4H3,(H,36,39)/t26-/m0/s1. The summed E-state index contributed by atoms with van der Waals surface area (Å²) >= 11 is 1.33.